The molecule has 14 aromatic rings. The fourth-order valence-electron chi connectivity index (χ4n) is 12.4. The van der Waals surface area contributed by atoms with Crippen LogP contribution >= 0.6 is 0 Å². The van der Waals surface area contributed by atoms with Crippen LogP contribution in [0.25, 0.3) is 98.0 Å². The molecule has 5 heteroatoms. The van der Waals surface area contributed by atoms with E-state index in [2.05, 4.69) is 141 Å². The number of hydrogen-bond acceptors (Lipinski definition) is 2. The van der Waals surface area contributed by atoms with Gasteiger partial charge in [0.15, 0.2) is 0 Å². The van der Waals surface area contributed by atoms with Crippen molar-refractivity contribution >= 4 is 98.8 Å². The van der Waals surface area contributed by atoms with E-state index in [9.17, 15) is 0 Å². The van der Waals surface area contributed by atoms with Crippen LogP contribution < -0.4 is 9.80 Å². The van der Waals surface area contributed by atoms with Crippen molar-refractivity contribution in [1.82, 2.24) is 0 Å². The second-order valence-electron chi connectivity index (χ2n) is 21.4. The number of rotatable bonds is 9. The van der Waals surface area contributed by atoms with Crippen molar-refractivity contribution < 1.29 is 13.2 Å². The van der Waals surface area contributed by atoms with Gasteiger partial charge in [-0.3, -0.25) is 0 Å². The highest BCUT2D eigenvalue weighted by Gasteiger charge is 2.35. The number of benzene rings is 14. The van der Waals surface area contributed by atoms with E-state index in [0.717, 1.165) is 88.7 Å². The monoisotopic (exact) mass is 1050 g/mol. The van der Waals surface area contributed by atoms with Gasteiger partial charge in [-0.1, -0.05) is 216 Å². The normalized spacial score (nSPS) is 11.6. The van der Waals surface area contributed by atoms with Crippen molar-refractivity contribution in [3.8, 4) is 33.4 Å². The van der Waals surface area contributed by atoms with Crippen molar-refractivity contribution in [2.75, 3.05) is 9.80 Å². The second-order valence-corrected chi connectivity index (χ2v) is 21.4. The molecule has 0 aromatic heterocycles. The summed E-state index contributed by atoms with van der Waals surface area (Å²) < 4.78 is 59.0. The number of halogens is 3. The van der Waals surface area contributed by atoms with Crippen LogP contribution in [-0.2, 0) is 0 Å². The predicted molar refractivity (Wildman–Crippen MR) is 336 cm³/mol. The molecule has 0 aliphatic rings. The number of hydrogen-bond donors (Lipinski definition) is 0. The highest BCUT2D eigenvalue weighted by molar-refractivity contribution is 6.26. The fraction of sp³-hybridized carbons (Fsp3) is 0.0526. The number of aryl methyl sites for hydroxylation is 4. The standard InChI is InChI=1S/C76H53F3N2/c1-46-29-37-52(38-30-46)80(53-39-31-47(2)32-40-53)75-62-25-13-9-21-58(62)67(59-22-10-14-26-63(59)75)70-72(77)69(66-56-19-7-5-17-50(56)45-51-18-6-8-20-57(51)66)73(78)71(74(70)79)68-60-23-11-15-27-64(60)76(65-28-16-12-24-61(65)68)81(54-41-33-48(3)34-42-54)55-43-35-49(4)36-44-55/h5-45H,1-4H3. The zero-order valence-electron chi connectivity index (χ0n) is 45.2. The Bertz CT molecular complexity index is 4310. The summed E-state index contributed by atoms with van der Waals surface area (Å²) >= 11 is 0. The van der Waals surface area contributed by atoms with Crippen LogP contribution in [0.3, 0.4) is 0 Å². The average molecular weight is 1050 g/mol. The molecule has 0 heterocycles. The smallest absolute Gasteiger partial charge is 0.144 e. The third kappa shape index (κ3) is 8.10. The number of nitrogens with zero attached hydrogens (tertiary/aromatic N) is 2. The zero-order valence-corrected chi connectivity index (χ0v) is 45.2. The first kappa shape index (κ1) is 49.3. The SMILES string of the molecule is Cc1ccc(N(c2ccc(C)cc2)c2c3ccccc3c(-c3c(F)c(-c4c5ccccc5cc5ccccc45)c(F)c(-c4c5ccccc5c(N(c5ccc(C)cc5)c5ccc(C)cc5)c5ccccc45)c3F)c3ccccc23)cc1. The van der Waals surface area contributed by atoms with Crippen LogP contribution in [0.4, 0.5) is 47.3 Å². The van der Waals surface area contributed by atoms with E-state index in [1.165, 1.54) is 0 Å². The molecule has 0 radical (unpaired) electrons. The molecule has 2 nitrogen and oxygen atoms in total. The highest BCUT2D eigenvalue weighted by atomic mass is 19.1. The lowest BCUT2D eigenvalue weighted by atomic mass is 9.82. The molecule has 14 rings (SSSR count). The fourth-order valence-corrected chi connectivity index (χ4v) is 12.4. The van der Waals surface area contributed by atoms with E-state index in [4.69, 9.17) is 0 Å². The van der Waals surface area contributed by atoms with Crippen molar-refractivity contribution in [3.63, 3.8) is 0 Å². The minimum atomic E-state index is -0.993. The Labute approximate surface area is 468 Å². The van der Waals surface area contributed by atoms with Gasteiger partial charge < -0.3 is 9.80 Å². The molecule has 14 aromatic carbocycles. The molecule has 0 unspecified atom stereocenters. The molecule has 0 atom stereocenters. The average Bonchev–Trinajstić information content (AvgIpc) is 3.69. The lowest BCUT2D eigenvalue weighted by Crippen LogP contribution is -2.12. The van der Waals surface area contributed by atoms with E-state index < -0.39 is 17.5 Å². The van der Waals surface area contributed by atoms with E-state index in [1.54, 1.807) is 0 Å². The van der Waals surface area contributed by atoms with Crippen molar-refractivity contribution in [3.05, 3.63) is 288 Å². The van der Waals surface area contributed by atoms with Crippen LogP contribution in [-0.4, -0.2) is 0 Å². The molecule has 0 fully saturated rings. The van der Waals surface area contributed by atoms with Gasteiger partial charge in [-0.2, -0.15) is 0 Å². The summed E-state index contributed by atoms with van der Waals surface area (Å²) in [6, 6.07) is 82.6. The van der Waals surface area contributed by atoms with Gasteiger partial charge in [0.05, 0.1) is 28.1 Å². The third-order valence-electron chi connectivity index (χ3n) is 16.3. The second kappa shape index (κ2) is 19.7. The minimum Gasteiger partial charge on any atom is -0.309 e. The molecule has 0 N–H and O–H groups in total. The summed E-state index contributed by atoms with van der Waals surface area (Å²) in [5.41, 5.74) is 9.93. The molecule has 0 aliphatic heterocycles. The molecule has 0 aliphatic carbocycles. The number of fused-ring (bicyclic) bond motifs is 6. The molecule has 81 heavy (non-hydrogen) atoms. The molecule has 0 saturated carbocycles. The maximum atomic E-state index is 19.8. The molecule has 0 bridgehead atoms. The van der Waals surface area contributed by atoms with Crippen LogP contribution in [0, 0.1) is 45.1 Å². The summed E-state index contributed by atoms with van der Waals surface area (Å²) in [5.74, 6) is -2.96. The maximum absolute atomic E-state index is 19.8. The Kier molecular flexibility index (Phi) is 12.0. The van der Waals surface area contributed by atoms with Gasteiger partial charge in [0.25, 0.3) is 0 Å². The summed E-state index contributed by atoms with van der Waals surface area (Å²) in [5, 5.41) is 8.39. The Morgan fingerprint density at radius 3 is 0.691 bits per heavy atom. The minimum absolute atomic E-state index is 0.300. The Hall–Kier alpha value is -9.97. The van der Waals surface area contributed by atoms with Crippen LogP contribution in [0.5, 0.6) is 0 Å². The first-order valence-electron chi connectivity index (χ1n) is 27.5. The summed E-state index contributed by atoms with van der Waals surface area (Å²) in [6.45, 7) is 8.28. The van der Waals surface area contributed by atoms with Crippen molar-refractivity contribution in [1.29, 1.82) is 0 Å². The first-order valence-corrected chi connectivity index (χ1v) is 27.5. The van der Waals surface area contributed by atoms with Crippen molar-refractivity contribution in [2.45, 2.75) is 27.7 Å². The summed E-state index contributed by atoms with van der Waals surface area (Å²) in [6.07, 6.45) is 0. The van der Waals surface area contributed by atoms with E-state index in [-0.39, 0.29) is 16.7 Å². The third-order valence-corrected chi connectivity index (χ3v) is 16.3. The molecule has 388 valence electrons. The van der Waals surface area contributed by atoms with Gasteiger partial charge in [-0.25, -0.2) is 13.2 Å². The highest BCUT2D eigenvalue weighted by Crippen LogP contribution is 2.55. The maximum Gasteiger partial charge on any atom is 0.144 e. The summed E-state index contributed by atoms with van der Waals surface area (Å²) in [7, 11) is 0. The lowest BCUT2D eigenvalue weighted by molar-refractivity contribution is 0.558. The lowest BCUT2D eigenvalue weighted by Gasteiger charge is -2.30. The Morgan fingerprint density at radius 1 is 0.222 bits per heavy atom. The van der Waals surface area contributed by atoms with Gasteiger partial charge in [0.2, 0.25) is 0 Å². The molecule has 0 amide bonds. The summed E-state index contributed by atoms with van der Waals surface area (Å²) in [4.78, 5) is 4.47. The van der Waals surface area contributed by atoms with Crippen LogP contribution in [0.15, 0.2) is 249 Å². The van der Waals surface area contributed by atoms with Gasteiger partial charge in [-0.05, 0) is 125 Å². The number of anilines is 6. The van der Waals surface area contributed by atoms with Gasteiger partial charge in [-0.15, -0.1) is 0 Å². The van der Waals surface area contributed by atoms with Crippen LogP contribution in [0.2, 0.25) is 0 Å². The van der Waals surface area contributed by atoms with Gasteiger partial charge in [0.1, 0.15) is 17.5 Å². The predicted octanol–water partition coefficient (Wildman–Crippen LogP) is 22.2. The Balaban J connectivity index is 1.16. The van der Waals surface area contributed by atoms with E-state index >= 15 is 13.2 Å². The zero-order chi connectivity index (χ0) is 55.0. The topological polar surface area (TPSA) is 6.48 Å². The Morgan fingerprint density at radius 2 is 0.432 bits per heavy atom. The first-order chi connectivity index (χ1) is 39.6. The quantitative estimate of drug-likeness (QED) is 0.133. The van der Waals surface area contributed by atoms with E-state index in [1.807, 2.05) is 146 Å². The van der Waals surface area contributed by atoms with Crippen molar-refractivity contribution in [2.24, 2.45) is 0 Å². The molecular formula is C76H53F3N2. The van der Waals surface area contributed by atoms with Crippen LogP contribution in [0.1, 0.15) is 22.3 Å². The largest absolute Gasteiger partial charge is 0.309 e. The van der Waals surface area contributed by atoms with Gasteiger partial charge >= 0.3 is 0 Å². The molecule has 0 spiro atoms. The van der Waals surface area contributed by atoms with E-state index in [0.29, 0.717) is 49.0 Å². The van der Waals surface area contributed by atoms with Gasteiger partial charge in [0, 0.05) is 61.0 Å². The molecular weight excluding hydrogens is 998 g/mol. The molecule has 0 saturated heterocycles.